The van der Waals surface area contributed by atoms with Crippen molar-refractivity contribution in [3.63, 3.8) is 0 Å². The molecule has 146 valence electrons. The Labute approximate surface area is 161 Å². The van der Waals surface area contributed by atoms with Gasteiger partial charge in [-0.1, -0.05) is 6.07 Å². The Kier molecular flexibility index (Phi) is 6.13. The average Bonchev–Trinajstić information content (AvgIpc) is 3.19. The summed E-state index contributed by atoms with van der Waals surface area (Å²) >= 11 is 0. The van der Waals surface area contributed by atoms with Gasteiger partial charge in [0.25, 0.3) is 11.8 Å². The highest BCUT2D eigenvalue weighted by atomic mass is 16.7. The molecular weight excluding hydrogens is 364 g/mol. The molecule has 0 bridgehead atoms. The van der Waals surface area contributed by atoms with Gasteiger partial charge in [-0.05, 0) is 48.0 Å². The molecule has 2 aromatic rings. The molecule has 0 saturated heterocycles. The van der Waals surface area contributed by atoms with E-state index in [2.05, 4.69) is 10.6 Å². The van der Waals surface area contributed by atoms with Crippen LogP contribution in [0.5, 0.6) is 17.2 Å². The van der Waals surface area contributed by atoms with Crippen molar-refractivity contribution in [2.24, 2.45) is 0 Å². The number of fused-ring (bicyclic) bond motifs is 1. The molecule has 1 heterocycles. The molecule has 2 aromatic carbocycles. The van der Waals surface area contributed by atoms with E-state index in [0.717, 1.165) is 0 Å². The number of benzene rings is 2. The van der Waals surface area contributed by atoms with Crippen LogP contribution < -0.4 is 24.8 Å². The Hall–Kier alpha value is -3.52. The number of ether oxygens (including phenoxy) is 3. The highest BCUT2D eigenvalue weighted by Crippen LogP contribution is 2.33. The van der Waals surface area contributed by atoms with Gasteiger partial charge in [0.05, 0.1) is 13.7 Å². The van der Waals surface area contributed by atoms with Crippen molar-refractivity contribution in [3.05, 3.63) is 59.3 Å². The highest BCUT2D eigenvalue weighted by Gasteiger charge is 2.17. The Bertz CT molecular complexity index is 892. The molecular formula is C20H20N2O6. The fraction of sp³-hybridized carbons (Fsp3) is 0.200. The van der Waals surface area contributed by atoms with Gasteiger partial charge in [0.2, 0.25) is 6.79 Å². The summed E-state index contributed by atoms with van der Waals surface area (Å²) in [6, 6.07) is 11.7. The van der Waals surface area contributed by atoms with Crippen molar-refractivity contribution in [2.75, 3.05) is 27.1 Å². The second kappa shape index (κ2) is 8.92. The van der Waals surface area contributed by atoms with E-state index < -0.39 is 11.8 Å². The molecule has 3 rings (SSSR count). The predicted molar refractivity (Wildman–Crippen MR) is 101 cm³/mol. The van der Waals surface area contributed by atoms with Crippen LogP contribution in [0.1, 0.15) is 15.9 Å². The first kappa shape index (κ1) is 19.2. The minimum Gasteiger partial charge on any atom is -0.497 e. The minimum absolute atomic E-state index is 0.0353. The molecule has 8 heteroatoms. The normalized spacial score (nSPS) is 12.4. The number of hydrogen-bond acceptors (Lipinski definition) is 6. The Morgan fingerprint density at radius 3 is 2.61 bits per heavy atom. The summed E-state index contributed by atoms with van der Waals surface area (Å²) in [6.45, 7) is -0.00820. The van der Waals surface area contributed by atoms with Gasteiger partial charge in [-0.15, -0.1) is 0 Å². The molecule has 0 atom stereocenters. The van der Waals surface area contributed by atoms with Gasteiger partial charge in [-0.3, -0.25) is 9.59 Å². The van der Waals surface area contributed by atoms with Crippen molar-refractivity contribution >= 4 is 17.9 Å². The lowest BCUT2D eigenvalue weighted by molar-refractivity contribution is -0.117. The molecule has 8 nitrogen and oxygen atoms in total. The van der Waals surface area contributed by atoms with E-state index in [9.17, 15) is 9.59 Å². The van der Waals surface area contributed by atoms with Crippen molar-refractivity contribution in [2.45, 2.75) is 0 Å². The monoisotopic (exact) mass is 384 g/mol. The third kappa shape index (κ3) is 4.60. The van der Waals surface area contributed by atoms with Crippen molar-refractivity contribution in [3.8, 4) is 17.2 Å². The van der Waals surface area contributed by atoms with Gasteiger partial charge >= 0.3 is 0 Å². The molecule has 0 aliphatic carbocycles. The lowest BCUT2D eigenvalue weighted by atomic mass is 10.1. The smallest absolute Gasteiger partial charge is 0.267 e. The van der Waals surface area contributed by atoms with Gasteiger partial charge in [-0.25, -0.2) is 0 Å². The standard InChI is InChI=1S/C20H20N2O6/c1-26-15-5-3-14(4-6-15)19(24)22-16(20(25)21-8-9-23)10-13-2-7-17-18(11-13)28-12-27-17/h2-7,10-11,23H,8-9,12H2,1H3,(H,21,25)(H,22,24)/b16-10-. The van der Waals surface area contributed by atoms with E-state index in [1.165, 1.54) is 13.2 Å². The maximum absolute atomic E-state index is 12.5. The summed E-state index contributed by atoms with van der Waals surface area (Å²) in [4.78, 5) is 25.0. The van der Waals surface area contributed by atoms with Crippen LogP contribution in [-0.4, -0.2) is 44.0 Å². The minimum atomic E-state index is -0.520. The fourth-order valence-electron chi connectivity index (χ4n) is 2.53. The first-order valence-electron chi connectivity index (χ1n) is 8.56. The third-order valence-corrected chi connectivity index (χ3v) is 3.95. The van der Waals surface area contributed by atoms with Crippen LogP contribution in [0.2, 0.25) is 0 Å². The van der Waals surface area contributed by atoms with E-state index in [1.807, 2.05) is 0 Å². The highest BCUT2D eigenvalue weighted by molar-refractivity contribution is 6.05. The van der Waals surface area contributed by atoms with Crippen molar-refractivity contribution in [1.82, 2.24) is 10.6 Å². The SMILES string of the molecule is COc1ccc(C(=O)N/C(=C\c2ccc3c(c2)OCO3)C(=O)NCCO)cc1. The summed E-state index contributed by atoms with van der Waals surface area (Å²) in [7, 11) is 1.53. The zero-order valence-corrected chi connectivity index (χ0v) is 15.2. The molecule has 28 heavy (non-hydrogen) atoms. The number of carbonyl (C=O) groups is 2. The number of amides is 2. The number of methoxy groups -OCH3 is 1. The molecule has 0 radical (unpaired) electrons. The van der Waals surface area contributed by atoms with E-state index in [-0.39, 0.29) is 25.6 Å². The summed E-state index contributed by atoms with van der Waals surface area (Å²) in [6.07, 6.45) is 1.52. The first-order valence-corrected chi connectivity index (χ1v) is 8.56. The first-order chi connectivity index (χ1) is 13.6. The largest absolute Gasteiger partial charge is 0.497 e. The van der Waals surface area contributed by atoms with Crippen LogP contribution in [0, 0.1) is 0 Å². The van der Waals surface area contributed by atoms with Gasteiger partial charge in [0, 0.05) is 12.1 Å². The zero-order valence-electron chi connectivity index (χ0n) is 15.2. The second-order valence-electron chi connectivity index (χ2n) is 5.83. The van der Waals surface area contributed by atoms with Gasteiger partial charge in [0.1, 0.15) is 11.4 Å². The molecule has 0 fully saturated rings. The van der Waals surface area contributed by atoms with E-state index in [1.54, 1.807) is 42.5 Å². The third-order valence-electron chi connectivity index (χ3n) is 3.95. The number of carbonyl (C=O) groups excluding carboxylic acids is 2. The van der Waals surface area contributed by atoms with E-state index in [0.29, 0.717) is 28.4 Å². The molecule has 1 aliphatic heterocycles. The Balaban J connectivity index is 1.83. The molecule has 3 N–H and O–H groups in total. The molecule has 0 saturated carbocycles. The van der Waals surface area contributed by atoms with Crippen LogP contribution in [0.4, 0.5) is 0 Å². The topological polar surface area (TPSA) is 106 Å². The van der Waals surface area contributed by atoms with Gasteiger partial charge < -0.3 is 30.0 Å². The lowest BCUT2D eigenvalue weighted by Crippen LogP contribution is -2.36. The summed E-state index contributed by atoms with van der Waals surface area (Å²) in [5.41, 5.74) is 1.05. The summed E-state index contributed by atoms with van der Waals surface area (Å²) in [5, 5.41) is 14.1. The number of rotatable bonds is 7. The van der Waals surface area contributed by atoms with Crippen LogP contribution >= 0.6 is 0 Å². The number of aliphatic hydroxyl groups is 1. The maximum Gasteiger partial charge on any atom is 0.267 e. The van der Waals surface area contributed by atoms with Gasteiger partial charge in [-0.2, -0.15) is 0 Å². The van der Waals surface area contributed by atoms with E-state index in [4.69, 9.17) is 19.3 Å². The summed E-state index contributed by atoms with van der Waals surface area (Å²) in [5.74, 6) is 0.826. The predicted octanol–water partition coefficient (Wildman–Crippen LogP) is 1.30. The van der Waals surface area contributed by atoms with Crippen LogP contribution in [-0.2, 0) is 4.79 Å². The maximum atomic E-state index is 12.5. The van der Waals surface area contributed by atoms with Crippen LogP contribution in [0.3, 0.4) is 0 Å². The molecule has 0 spiro atoms. The lowest BCUT2D eigenvalue weighted by Gasteiger charge is -2.11. The second-order valence-corrected chi connectivity index (χ2v) is 5.83. The Morgan fingerprint density at radius 2 is 1.89 bits per heavy atom. The quantitative estimate of drug-likeness (QED) is 0.622. The molecule has 0 aromatic heterocycles. The van der Waals surface area contributed by atoms with Crippen molar-refractivity contribution < 1.29 is 28.9 Å². The number of aliphatic hydroxyl groups excluding tert-OH is 1. The Morgan fingerprint density at radius 1 is 1.14 bits per heavy atom. The van der Waals surface area contributed by atoms with Gasteiger partial charge in [0.15, 0.2) is 11.5 Å². The molecule has 1 aliphatic rings. The average molecular weight is 384 g/mol. The molecule has 2 amide bonds. The zero-order chi connectivity index (χ0) is 19.9. The number of nitrogens with one attached hydrogen (secondary N) is 2. The van der Waals surface area contributed by atoms with Crippen LogP contribution in [0.15, 0.2) is 48.2 Å². The summed E-state index contributed by atoms with van der Waals surface area (Å²) < 4.78 is 15.7. The van der Waals surface area contributed by atoms with E-state index >= 15 is 0 Å². The molecule has 0 unspecified atom stereocenters. The van der Waals surface area contributed by atoms with Crippen LogP contribution in [0.25, 0.3) is 6.08 Å². The van der Waals surface area contributed by atoms with Crippen molar-refractivity contribution in [1.29, 1.82) is 0 Å². The fourth-order valence-corrected chi connectivity index (χ4v) is 2.53. The number of hydrogen-bond donors (Lipinski definition) is 3.